The maximum Gasteiger partial charge on any atom is 0.441 e. The summed E-state index contributed by atoms with van der Waals surface area (Å²) in [5, 5.41) is 16.4. The molecule has 2 N–H and O–H groups in total. The average Bonchev–Trinajstić information content (AvgIpc) is 2.88. The van der Waals surface area contributed by atoms with Gasteiger partial charge in [-0.05, 0) is 37.0 Å². The van der Waals surface area contributed by atoms with E-state index in [4.69, 9.17) is 9.15 Å². The summed E-state index contributed by atoms with van der Waals surface area (Å²) >= 11 is 0. The molecular weight excluding hydrogens is 444 g/mol. The van der Waals surface area contributed by atoms with Gasteiger partial charge in [0.1, 0.15) is 23.5 Å². The second-order valence-electron chi connectivity index (χ2n) is 9.17. The van der Waals surface area contributed by atoms with E-state index in [0.29, 0.717) is 23.3 Å². The van der Waals surface area contributed by atoms with Gasteiger partial charge in [0.25, 0.3) is 0 Å². The van der Waals surface area contributed by atoms with Crippen molar-refractivity contribution in [1.82, 2.24) is 10.3 Å². The van der Waals surface area contributed by atoms with Crippen LogP contribution in [-0.2, 0) is 16.1 Å². The number of rotatable bonds is 9. The van der Waals surface area contributed by atoms with Crippen LogP contribution in [0, 0.1) is 17.2 Å². The molecule has 1 heterocycles. The van der Waals surface area contributed by atoms with Crippen molar-refractivity contribution in [2.75, 3.05) is 5.32 Å². The van der Waals surface area contributed by atoms with Crippen molar-refractivity contribution < 1.29 is 13.9 Å². The average molecular weight is 475 g/mol. The molecular formula is C27H30N4O4. The number of ether oxygens (including phenoxy) is 1. The molecule has 0 radical (unpaired) electrons. The van der Waals surface area contributed by atoms with Crippen molar-refractivity contribution in [2.24, 2.45) is 5.92 Å². The second kappa shape index (κ2) is 11.2. The number of nitrogens with one attached hydrogen (secondary N) is 2. The van der Waals surface area contributed by atoms with Gasteiger partial charge >= 0.3 is 5.76 Å². The van der Waals surface area contributed by atoms with Crippen LogP contribution >= 0.6 is 0 Å². The van der Waals surface area contributed by atoms with Crippen LogP contribution in [0.4, 0.5) is 5.82 Å². The molecule has 1 aliphatic rings. The van der Waals surface area contributed by atoms with Crippen LogP contribution in [0.3, 0.4) is 0 Å². The summed E-state index contributed by atoms with van der Waals surface area (Å²) in [5.41, 5.74) is -0.239. The molecule has 3 aromatic rings. The van der Waals surface area contributed by atoms with Gasteiger partial charge in [-0.3, -0.25) is 4.79 Å². The first-order valence-corrected chi connectivity index (χ1v) is 12.0. The van der Waals surface area contributed by atoms with E-state index in [1.165, 1.54) is 13.3 Å². The maximum atomic E-state index is 13.5. The molecule has 1 aromatic heterocycles. The Morgan fingerprint density at radius 1 is 1.17 bits per heavy atom. The minimum absolute atomic E-state index is 0.178. The minimum atomic E-state index is -1.52. The number of hydrogen-bond acceptors (Lipinski definition) is 7. The number of carbonyl (C=O) groups is 1. The van der Waals surface area contributed by atoms with Crippen LogP contribution in [-0.4, -0.2) is 22.7 Å². The van der Waals surface area contributed by atoms with Gasteiger partial charge in [0, 0.05) is 0 Å². The highest BCUT2D eigenvalue weighted by atomic mass is 16.5. The molecule has 8 nitrogen and oxygen atoms in total. The molecule has 8 heteroatoms. The van der Waals surface area contributed by atoms with Crippen molar-refractivity contribution in [3.05, 3.63) is 70.7 Å². The Morgan fingerprint density at radius 2 is 1.89 bits per heavy atom. The fourth-order valence-electron chi connectivity index (χ4n) is 4.50. The van der Waals surface area contributed by atoms with Gasteiger partial charge in [-0.15, -0.1) is 0 Å². The summed E-state index contributed by atoms with van der Waals surface area (Å²) in [5.74, 6) is -0.475. The van der Waals surface area contributed by atoms with Gasteiger partial charge in [0.05, 0.1) is 12.0 Å². The number of amides is 1. The SMILES string of the molecule is CC(C#N)(NC(=O)C(CC1CCCCC1)Nc1nc(=O)oc2ccccc12)OCc1ccccc1. The third kappa shape index (κ3) is 6.46. The number of benzene rings is 2. The number of aromatic nitrogens is 1. The molecule has 4 rings (SSSR count). The normalized spacial score (nSPS) is 16.7. The molecule has 2 unspecified atom stereocenters. The lowest BCUT2D eigenvalue weighted by Crippen LogP contribution is -2.52. The van der Waals surface area contributed by atoms with Gasteiger partial charge in [0.15, 0.2) is 0 Å². The zero-order valence-electron chi connectivity index (χ0n) is 19.8. The zero-order chi connectivity index (χ0) is 24.7. The van der Waals surface area contributed by atoms with Gasteiger partial charge < -0.3 is 19.8 Å². The Balaban J connectivity index is 1.55. The molecule has 182 valence electrons. The third-order valence-electron chi connectivity index (χ3n) is 6.41. The van der Waals surface area contributed by atoms with E-state index < -0.39 is 17.5 Å². The number of fused-ring (bicyclic) bond motifs is 1. The van der Waals surface area contributed by atoms with Crippen LogP contribution in [0.25, 0.3) is 11.0 Å². The second-order valence-corrected chi connectivity index (χ2v) is 9.17. The molecule has 0 bridgehead atoms. The number of hydrogen-bond donors (Lipinski definition) is 2. The van der Waals surface area contributed by atoms with Gasteiger partial charge in [0.2, 0.25) is 11.6 Å². The lowest BCUT2D eigenvalue weighted by Gasteiger charge is -2.30. The van der Waals surface area contributed by atoms with E-state index in [1.54, 1.807) is 18.2 Å². The highest BCUT2D eigenvalue weighted by Crippen LogP contribution is 2.29. The quantitative estimate of drug-likeness (QED) is 0.438. The summed E-state index contributed by atoms with van der Waals surface area (Å²) in [6.07, 6.45) is 6.10. The summed E-state index contributed by atoms with van der Waals surface area (Å²) in [4.78, 5) is 29.6. The molecule has 1 fully saturated rings. The van der Waals surface area contributed by atoms with E-state index in [1.807, 2.05) is 36.4 Å². The maximum absolute atomic E-state index is 13.5. The van der Waals surface area contributed by atoms with E-state index >= 15 is 0 Å². The van der Waals surface area contributed by atoms with Crippen molar-refractivity contribution in [2.45, 2.75) is 63.8 Å². The standard InChI is InChI=1S/C27H30N4O4/c1-27(18-28,34-17-20-12-6-3-7-13-20)31-25(32)22(16-19-10-4-2-5-11-19)29-24-21-14-8-9-15-23(21)35-26(33)30-24/h3,6-9,12-15,19,22H,2,4-5,10-11,16-17H2,1H3,(H,31,32)(H,29,30,33). The Bertz CT molecular complexity index is 1250. The van der Waals surface area contributed by atoms with Crippen LogP contribution in [0.15, 0.2) is 63.8 Å². The first-order valence-electron chi connectivity index (χ1n) is 12.0. The van der Waals surface area contributed by atoms with Crippen molar-refractivity contribution in [3.63, 3.8) is 0 Å². The Morgan fingerprint density at radius 3 is 2.63 bits per heavy atom. The summed E-state index contributed by atoms with van der Waals surface area (Å²) < 4.78 is 11.0. The number of nitrogens with zero attached hydrogens (tertiary/aromatic N) is 2. The predicted molar refractivity (Wildman–Crippen MR) is 132 cm³/mol. The highest BCUT2D eigenvalue weighted by Gasteiger charge is 2.33. The van der Waals surface area contributed by atoms with Gasteiger partial charge in [-0.1, -0.05) is 74.6 Å². The number of nitriles is 1. The molecule has 0 spiro atoms. The highest BCUT2D eigenvalue weighted by molar-refractivity contribution is 5.91. The lowest BCUT2D eigenvalue weighted by atomic mass is 9.84. The minimum Gasteiger partial charge on any atom is -0.408 e. The molecule has 1 amide bonds. The smallest absolute Gasteiger partial charge is 0.408 e. The third-order valence-corrected chi connectivity index (χ3v) is 6.41. The van der Waals surface area contributed by atoms with E-state index in [-0.39, 0.29) is 18.3 Å². The van der Waals surface area contributed by atoms with Crippen molar-refractivity contribution >= 4 is 22.7 Å². The Kier molecular flexibility index (Phi) is 7.78. The summed E-state index contributed by atoms with van der Waals surface area (Å²) in [6.45, 7) is 1.72. The molecule has 2 aromatic carbocycles. The fraction of sp³-hybridized carbons (Fsp3) is 0.407. The van der Waals surface area contributed by atoms with Crippen LogP contribution in [0.1, 0.15) is 51.0 Å². The molecule has 35 heavy (non-hydrogen) atoms. The number of anilines is 1. The molecule has 1 saturated carbocycles. The lowest BCUT2D eigenvalue weighted by molar-refractivity contribution is -0.130. The fourth-order valence-corrected chi connectivity index (χ4v) is 4.50. The van der Waals surface area contributed by atoms with E-state index in [9.17, 15) is 14.9 Å². The van der Waals surface area contributed by atoms with Crippen molar-refractivity contribution in [1.29, 1.82) is 5.26 Å². The Labute approximate surface area is 204 Å². The molecule has 2 atom stereocenters. The Hall–Kier alpha value is -3.70. The van der Waals surface area contributed by atoms with Crippen LogP contribution in [0.2, 0.25) is 0 Å². The van der Waals surface area contributed by atoms with E-state index in [0.717, 1.165) is 31.2 Å². The summed E-state index contributed by atoms with van der Waals surface area (Å²) in [6, 6.07) is 17.9. The molecule has 1 aliphatic carbocycles. The monoisotopic (exact) mass is 474 g/mol. The first kappa shape index (κ1) is 24.4. The van der Waals surface area contributed by atoms with Crippen LogP contribution in [0.5, 0.6) is 0 Å². The number of carbonyl (C=O) groups excluding carboxylic acids is 1. The predicted octanol–water partition coefficient (Wildman–Crippen LogP) is 4.51. The van der Waals surface area contributed by atoms with Crippen molar-refractivity contribution in [3.8, 4) is 6.07 Å². The van der Waals surface area contributed by atoms with E-state index in [2.05, 4.69) is 21.7 Å². The first-order chi connectivity index (χ1) is 17.0. The topological polar surface area (TPSA) is 117 Å². The van der Waals surface area contributed by atoms with Crippen LogP contribution < -0.4 is 16.4 Å². The summed E-state index contributed by atoms with van der Waals surface area (Å²) in [7, 11) is 0. The molecule has 0 aliphatic heterocycles. The zero-order valence-corrected chi connectivity index (χ0v) is 19.8. The van der Waals surface area contributed by atoms with Gasteiger partial charge in [-0.25, -0.2) is 4.79 Å². The molecule has 0 saturated heterocycles. The largest absolute Gasteiger partial charge is 0.441 e. The van der Waals surface area contributed by atoms with Gasteiger partial charge in [-0.2, -0.15) is 10.2 Å². The number of para-hydroxylation sites is 1.